The molecule has 1 rings (SSSR count). The van der Waals surface area contributed by atoms with Crippen LogP contribution in [0.2, 0.25) is 0 Å². The van der Waals surface area contributed by atoms with Crippen LogP contribution in [0.3, 0.4) is 0 Å². The minimum absolute atomic E-state index is 0.362. The zero-order valence-electron chi connectivity index (χ0n) is 8.05. The minimum atomic E-state index is 0.362. The maximum atomic E-state index is 9.12. The predicted molar refractivity (Wildman–Crippen MR) is 50.5 cm³/mol. The fourth-order valence-corrected chi connectivity index (χ4v) is 1.01. The van der Waals surface area contributed by atoms with Gasteiger partial charge in [0, 0.05) is 7.11 Å². The molecular weight excluding hydrogens is 152 g/mol. The van der Waals surface area contributed by atoms with Crippen LogP contribution in [0.5, 0.6) is 5.75 Å². The number of phenolic OH excluding ortho intramolecular Hbond substituents is 1. The van der Waals surface area contributed by atoms with Crippen LogP contribution in [0.15, 0.2) is 12.1 Å². The maximum Gasteiger partial charge on any atom is 0.116 e. The van der Waals surface area contributed by atoms with E-state index in [0.717, 1.165) is 18.2 Å². The Morgan fingerprint density at radius 1 is 0.917 bits per heavy atom. The van der Waals surface area contributed by atoms with Crippen molar-refractivity contribution in [2.24, 2.45) is 0 Å². The fraction of sp³-hybridized carbons (Fsp3) is 0.400. The van der Waals surface area contributed by atoms with E-state index >= 15 is 0 Å². The SMILES string of the molecule is CO.Cc1cc(O)cc(C)c1C. The summed E-state index contributed by atoms with van der Waals surface area (Å²) >= 11 is 0. The number of benzene rings is 1. The van der Waals surface area contributed by atoms with Crippen LogP contribution in [0.25, 0.3) is 0 Å². The number of hydrogen-bond donors (Lipinski definition) is 2. The Kier molecular flexibility index (Phi) is 4.37. The Hall–Kier alpha value is -1.02. The van der Waals surface area contributed by atoms with Crippen molar-refractivity contribution >= 4 is 0 Å². The third kappa shape index (κ3) is 2.55. The van der Waals surface area contributed by atoms with Crippen molar-refractivity contribution in [3.05, 3.63) is 28.8 Å². The summed E-state index contributed by atoms with van der Waals surface area (Å²) in [4.78, 5) is 0. The first-order valence-electron chi connectivity index (χ1n) is 3.83. The molecule has 0 unspecified atom stereocenters. The minimum Gasteiger partial charge on any atom is -0.508 e. The van der Waals surface area contributed by atoms with Crippen LogP contribution >= 0.6 is 0 Å². The van der Waals surface area contributed by atoms with Crippen LogP contribution in [-0.2, 0) is 0 Å². The Morgan fingerprint density at radius 2 is 1.25 bits per heavy atom. The lowest BCUT2D eigenvalue weighted by Gasteiger charge is -2.03. The topological polar surface area (TPSA) is 40.5 Å². The summed E-state index contributed by atoms with van der Waals surface area (Å²) in [6.07, 6.45) is 0. The normalized spacial score (nSPS) is 8.75. The summed E-state index contributed by atoms with van der Waals surface area (Å²) in [6, 6.07) is 3.56. The van der Waals surface area contributed by atoms with E-state index in [0.29, 0.717) is 5.75 Å². The van der Waals surface area contributed by atoms with E-state index in [4.69, 9.17) is 10.2 Å². The average Bonchev–Trinajstić information content (AvgIpc) is 2.04. The summed E-state index contributed by atoms with van der Waals surface area (Å²) in [5.74, 6) is 0.362. The number of aromatic hydroxyl groups is 1. The zero-order valence-corrected chi connectivity index (χ0v) is 8.05. The Labute approximate surface area is 73.5 Å². The monoisotopic (exact) mass is 168 g/mol. The third-order valence-electron chi connectivity index (χ3n) is 1.91. The van der Waals surface area contributed by atoms with Gasteiger partial charge in [-0.1, -0.05) is 0 Å². The quantitative estimate of drug-likeness (QED) is 0.621. The highest BCUT2D eigenvalue weighted by Gasteiger charge is 1.97. The van der Waals surface area contributed by atoms with Crippen LogP contribution in [0, 0.1) is 20.8 Å². The molecule has 0 fully saturated rings. The van der Waals surface area contributed by atoms with Gasteiger partial charge in [-0.05, 0) is 49.6 Å². The molecule has 0 aliphatic rings. The molecule has 68 valence electrons. The summed E-state index contributed by atoms with van der Waals surface area (Å²) in [5, 5.41) is 16.1. The van der Waals surface area contributed by atoms with E-state index in [-0.39, 0.29) is 0 Å². The Balaban J connectivity index is 0.000000561. The summed E-state index contributed by atoms with van der Waals surface area (Å²) in [5.41, 5.74) is 3.56. The molecular formula is C10H16O2. The third-order valence-corrected chi connectivity index (χ3v) is 1.91. The molecule has 0 spiro atoms. The maximum absolute atomic E-state index is 9.12. The Bertz CT molecular complexity index is 231. The number of phenols is 1. The van der Waals surface area contributed by atoms with Gasteiger partial charge in [0.05, 0.1) is 0 Å². The molecule has 2 N–H and O–H groups in total. The standard InChI is InChI=1S/C9H12O.CH4O/c1-6-4-9(10)5-7(2)8(6)3;1-2/h4-5,10H,1-3H3;2H,1H3. The molecule has 0 radical (unpaired) electrons. The number of aliphatic hydroxyl groups excluding tert-OH is 1. The molecule has 0 bridgehead atoms. The second kappa shape index (κ2) is 4.78. The van der Waals surface area contributed by atoms with Crippen molar-refractivity contribution in [1.82, 2.24) is 0 Å². The van der Waals surface area contributed by atoms with E-state index < -0.39 is 0 Å². The summed E-state index contributed by atoms with van der Waals surface area (Å²) in [6.45, 7) is 6.06. The highest BCUT2D eigenvalue weighted by Crippen LogP contribution is 2.18. The van der Waals surface area contributed by atoms with Gasteiger partial charge in [0.15, 0.2) is 0 Å². The summed E-state index contributed by atoms with van der Waals surface area (Å²) in [7, 11) is 1.00. The molecule has 2 heteroatoms. The lowest BCUT2D eigenvalue weighted by molar-refractivity contribution is 0.399. The van der Waals surface area contributed by atoms with Crippen LogP contribution in [0.4, 0.5) is 0 Å². The average molecular weight is 168 g/mol. The second-order valence-corrected chi connectivity index (χ2v) is 2.70. The van der Waals surface area contributed by atoms with Crippen molar-refractivity contribution < 1.29 is 10.2 Å². The van der Waals surface area contributed by atoms with E-state index in [2.05, 4.69) is 6.92 Å². The van der Waals surface area contributed by atoms with E-state index in [9.17, 15) is 0 Å². The van der Waals surface area contributed by atoms with E-state index in [1.165, 1.54) is 5.56 Å². The van der Waals surface area contributed by atoms with Gasteiger partial charge in [-0.3, -0.25) is 0 Å². The first-order valence-corrected chi connectivity index (χ1v) is 3.83. The molecule has 1 aromatic rings. The van der Waals surface area contributed by atoms with Crippen molar-refractivity contribution in [3.63, 3.8) is 0 Å². The van der Waals surface area contributed by atoms with Gasteiger partial charge >= 0.3 is 0 Å². The van der Waals surface area contributed by atoms with E-state index in [1.54, 1.807) is 12.1 Å². The second-order valence-electron chi connectivity index (χ2n) is 2.70. The number of aliphatic hydroxyl groups is 1. The van der Waals surface area contributed by atoms with Gasteiger partial charge in [-0.2, -0.15) is 0 Å². The molecule has 0 atom stereocenters. The van der Waals surface area contributed by atoms with Crippen LogP contribution in [0.1, 0.15) is 16.7 Å². The van der Waals surface area contributed by atoms with Gasteiger partial charge in [0.25, 0.3) is 0 Å². The molecule has 0 aromatic heterocycles. The fourth-order valence-electron chi connectivity index (χ4n) is 1.01. The van der Waals surface area contributed by atoms with Crippen molar-refractivity contribution in [3.8, 4) is 5.75 Å². The molecule has 0 saturated heterocycles. The smallest absolute Gasteiger partial charge is 0.116 e. The van der Waals surface area contributed by atoms with Gasteiger partial charge in [0.1, 0.15) is 5.75 Å². The predicted octanol–water partition coefficient (Wildman–Crippen LogP) is 1.93. The van der Waals surface area contributed by atoms with Gasteiger partial charge in [-0.25, -0.2) is 0 Å². The molecule has 12 heavy (non-hydrogen) atoms. The van der Waals surface area contributed by atoms with Crippen molar-refractivity contribution in [2.75, 3.05) is 7.11 Å². The highest BCUT2D eigenvalue weighted by atomic mass is 16.3. The summed E-state index contributed by atoms with van der Waals surface area (Å²) < 4.78 is 0. The first-order chi connectivity index (χ1) is 5.61. The highest BCUT2D eigenvalue weighted by molar-refractivity contribution is 5.39. The number of hydrogen-bond acceptors (Lipinski definition) is 2. The van der Waals surface area contributed by atoms with Crippen LogP contribution in [-0.4, -0.2) is 17.3 Å². The lowest BCUT2D eigenvalue weighted by atomic mass is 10.0. The van der Waals surface area contributed by atoms with Gasteiger partial charge < -0.3 is 10.2 Å². The van der Waals surface area contributed by atoms with Crippen molar-refractivity contribution in [2.45, 2.75) is 20.8 Å². The number of rotatable bonds is 0. The molecule has 0 saturated carbocycles. The molecule has 0 amide bonds. The Morgan fingerprint density at radius 3 is 1.58 bits per heavy atom. The van der Waals surface area contributed by atoms with Gasteiger partial charge in [-0.15, -0.1) is 0 Å². The molecule has 0 aliphatic carbocycles. The van der Waals surface area contributed by atoms with Gasteiger partial charge in [0.2, 0.25) is 0 Å². The van der Waals surface area contributed by atoms with Crippen LogP contribution < -0.4 is 0 Å². The molecule has 0 heterocycles. The lowest BCUT2D eigenvalue weighted by Crippen LogP contribution is -1.84. The number of aryl methyl sites for hydroxylation is 2. The largest absolute Gasteiger partial charge is 0.508 e. The molecule has 2 nitrogen and oxygen atoms in total. The van der Waals surface area contributed by atoms with Crippen molar-refractivity contribution in [1.29, 1.82) is 0 Å². The van der Waals surface area contributed by atoms with E-state index in [1.807, 2.05) is 13.8 Å². The molecule has 1 aromatic carbocycles. The first kappa shape index (κ1) is 11.0. The zero-order chi connectivity index (χ0) is 9.72. The molecule has 0 aliphatic heterocycles.